The molecule has 0 bridgehead atoms. The highest BCUT2D eigenvalue weighted by Gasteiger charge is 2.17. The number of pyridine rings is 1. The zero-order chi connectivity index (χ0) is 18.4. The molecule has 1 aromatic carbocycles. The number of aromatic nitrogens is 1. The van der Waals surface area contributed by atoms with Gasteiger partial charge in [0.1, 0.15) is 18.1 Å². The van der Waals surface area contributed by atoms with Gasteiger partial charge in [0.25, 0.3) is 5.88 Å². The fourth-order valence-corrected chi connectivity index (χ4v) is 1.86. The smallest absolute Gasteiger partial charge is 0.347 e. The molecule has 1 unspecified atom stereocenters. The van der Waals surface area contributed by atoms with Crippen LogP contribution < -0.4 is 9.47 Å². The highest BCUT2D eigenvalue weighted by Crippen LogP contribution is 2.26. The minimum absolute atomic E-state index is 0.166. The molecule has 0 amide bonds. The molecule has 2 aromatic rings. The van der Waals surface area contributed by atoms with Gasteiger partial charge >= 0.3 is 5.97 Å². The molecule has 1 atom stereocenters. The molecular weight excluding hydrogens is 353 g/mol. The van der Waals surface area contributed by atoms with Crippen molar-refractivity contribution in [2.24, 2.45) is 0 Å². The van der Waals surface area contributed by atoms with Crippen LogP contribution in [0.15, 0.2) is 36.5 Å². The molecule has 0 aliphatic heterocycles. The summed E-state index contributed by atoms with van der Waals surface area (Å²) >= 11 is 5.62. The van der Waals surface area contributed by atoms with E-state index in [2.05, 4.69) is 4.98 Å². The number of carbonyl (C=O) groups excluding carboxylic acids is 2. The Balaban J connectivity index is 1.95. The van der Waals surface area contributed by atoms with Gasteiger partial charge in [-0.1, -0.05) is 11.6 Å². The fraction of sp³-hybridized carbons (Fsp3) is 0.235. The molecule has 1 heterocycles. The van der Waals surface area contributed by atoms with Crippen molar-refractivity contribution in [2.45, 2.75) is 20.0 Å². The second-order valence-electron chi connectivity index (χ2n) is 5.08. The van der Waals surface area contributed by atoms with Gasteiger partial charge in [-0.05, 0) is 44.2 Å². The summed E-state index contributed by atoms with van der Waals surface area (Å²) in [6.07, 6.45) is 0.382. The van der Waals surface area contributed by atoms with Crippen LogP contribution in [0.4, 0.5) is 4.39 Å². The summed E-state index contributed by atoms with van der Waals surface area (Å²) in [6.45, 7) is 2.52. The zero-order valence-corrected chi connectivity index (χ0v) is 14.2. The number of esters is 1. The van der Waals surface area contributed by atoms with E-state index in [9.17, 15) is 14.0 Å². The van der Waals surface area contributed by atoms with Gasteiger partial charge in [0.05, 0.1) is 5.02 Å². The third-order valence-electron chi connectivity index (χ3n) is 2.87. The molecule has 0 N–H and O–H groups in total. The van der Waals surface area contributed by atoms with E-state index in [0.29, 0.717) is 11.5 Å². The predicted molar refractivity (Wildman–Crippen MR) is 87.5 cm³/mol. The second kappa shape index (κ2) is 8.43. The SMILES string of the molecule is CC(=O)COC(=O)C(C)Oc1ccc(Oc2ncc(Cl)cc2F)cc1. The van der Waals surface area contributed by atoms with Crippen LogP contribution in [0.3, 0.4) is 0 Å². The molecule has 0 aliphatic rings. The molecule has 1 aromatic heterocycles. The van der Waals surface area contributed by atoms with Gasteiger partial charge in [0.15, 0.2) is 17.7 Å². The van der Waals surface area contributed by atoms with Crippen molar-refractivity contribution in [3.8, 4) is 17.4 Å². The quantitative estimate of drug-likeness (QED) is 0.696. The lowest BCUT2D eigenvalue weighted by molar-refractivity contribution is -0.153. The van der Waals surface area contributed by atoms with Crippen molar-refractivity contribution in [3.05, 3.63) is 47.4 Å². The summed E-state index contributed by atoms with van der Waals surface area (Å²) in [7, 11) is 0. The van der Waals surface area contributed by atoms with Gasteiger partial charge < -0.3 is 14.2 Å². The Morgan fingerprint density at radius 1 is 1.24 bits per heavy atom. The Labute approximate surface area is 148 Å². The number of ether oxygens (including phenoxy) is 3. The van der Waals surface area contributed by atoms with E-state index >= 15 is 0 Å². The van der Waals surface area contributed by atoms with Crippen LogP contribution in [0, 0.1) is 5.82 Å². The number of ketones is 1. The number of Topliss-reactive ketones (excluding diaryl/α,β-unsaturated/α-hetero) is 1. The van der Waals surface area contributed by atoms with E-state index in [0.717, 1.165) is 6.07 Å². The minimum atomic E-state index is -0.888. The van der Waals surface area contributed by atoms with Crippen molar-refractivity contribution in [2.75, 3.05) is 6.61 Å². The third kappa shape index (κ3) is 5.72. The van der Waals surface area contributed by atoms with Crippen LogP contribution in [-0.2, 0) is 14.3 Å². The maximum atomic E-state index is 13.6. The lowest BCUT2D eigenvalue weighted by atomic mass is 10.3. The standard InChI is InChI=1S/C17H15ClFNO5/c1-10(21)9-23-17(22)11(2)24-13-3-5-14(6-4-13)25-16-15(19)7-12(18)8-20-16/h3-8,11H,9H2,1-2H3. The van der Waals surface area contributed by atoms with Crippen LogP contribution in [-0.4, -0.2) is 29.4 Å². The molecule has 0 saturated carbocycles. The molecule has 132 valence electrons. The molecule has 0 aliphatic carbocycles. The molecule has 0 spiro atoms. The first kappa shape index (κ1) is 18.7. The minimum Gasteiger partial charge on any atom is -0.479 e. The van der Waals surface area contributed by atoms with Crippen LogP contribution in [0.5, 0.6) is 17.4 Å². The Morgan fingerprint density at radius 3 is 2.48 bits per heavy atom. The molecule has 2 rings (SSSR count). The van der Waals surface area contributed by atoms with Crippen LogP contribution >= 0.6 is 11.6 Å². The van der Waals surface area contributed by atoms with Crippen molar-refractivity contribution in [1.82, 2.24) is 4.98 Å². The number of rotatable bonds is 7. The highest BCUT2D eigenvalue weighted by atomic mass is 35.5. The highest BCUT2D eigenvalue weighted by molar-refractivity contribution is 6.30. The Bertz CT molecular complexity index is 766. The van der Waals surface area contributed by atoms with E-state index < -0.39 is 17.9 Å². The Hall–Kier alpha value is -2.67. The van der Waals surface area contributed by atoms with Crippen molar-refractivity contribution >= 4 is 23.4 Å². The number of halogens is 2. The van der Waals surface area contributed by atoms with Crippen LogP contribution in [0.1, 0.15) is 13.8 Å². The number of carbonyl (C=O) groups is 2. The summed E-state index contributed by atoms with van der Waals surface area (Å²) in [4.78, 5) is 26.2. The zero-order valence-electron chi connectivity index (χ0n) is 13.5. The van der Waals surface area contributed by atoms with Gasteiger partial charge in [0, 0.05) is 6.20 Å². The Kier molecular flexibility index (Phi) is 6.30. The maximum Gasteiger partial charge on any atom is 0.347 e. The summed E-state index contributed by atoms with van der Waals surface area (Å²) in [6, 6.07) is 7.23. The number of nitrogens with zero attached hydrogens (tertiary/aromatic N) is 1. The molecule has 25 heavy (non-hydrogen) atoms. The normalized spacial score (nSPS) is 11.5. The maximum absolute atomic E-state index is 13.6. The first-order valence-electron chi connectivity index (χ1n) is 7.27. The fourth-order valence-electron chi connectivity index (χ4n) is 1.72. The van der Waals surface area contributed by atoms with E-state index in [4.69, 9.17) is 25.8 Å². The summed E-state index contributed by atoms with van der Waals surface area (Å²) in [5.41, 5.74) is 0. The topological polar surface area (TPSA) is 74.7 Å². The lowest BCUT2D eigenvalue weighted by Crippen LogP contribution is -2.27. The van der Waals surface area contributed by atoms with Crippen molar-refractivity contribution < 1.29 is 28.2 Å². The average Bonchev–Trinajstić information content (AvgIpc) is 2.56. The molecule has 0 radical (unpaired) electrons. The van der Waals surface area contributed by atoms with Crippen LogP contribution in [0.25, 0.3) is 0 Å². The van der Waals surface area contributed by atoms with Gasteiger partial charge in [-0.25, -0.2) is 14.2 Å². The van der Waals surface area contributed by atoms with Gasteiger partial charge in [-0.2, -0.15) is 0 Å². The van der Waals surface area contributed by atoms with E-state index in [1.165, 1.54) is 44.3 Å². The van der Waals surface area contributed by atoms with Crippen molar-refractivity contribution in [1.29, 1.82) is 0 Å². The first-order chi connectivity index (χ1) is 11.8. The number of benzene rings is 1. The largest absolute Gasteiger partial charge is 0.479 e. The summed E-state index contributed by atoms with van der Waals surface area (Å²) < 4.78 is 29.1. The average molecular weight is 368 g/mol. The van der Waals surface area contributed by atoms with Crippen LogP contribution in [0.2, 0.25) is 5.02 Å². The van der Waals surface area contributed by atoms with Gasteiger partial charge in [-0.3, -0.25) is 4.79 Å². The lowest BCUT2D eigenvalue weighted by Gasteiger charge is -2.14. The van der Waals surface area contributed by atoms with Crippen molar-refractivity contribution in [3.63, 3.8) is 0 Å². The molecule has 0 saturated heterocycles. The second-order valence-corrected chi connectivity index (χ2v) is 5.52. The monoisotopic (exact) mass is 367 g/mol. The van der Waals surface area contributed by atoms with Gasteiger partial charge in [-0.15, -0.1) is 0 Å². The third-order valence-corrected chi connectivity index (χ3v) is 3.08. The summed E-state index contributed by atoms with van der Waals surface area (Å²) in [5, 5.41) is 0.166. The number of hydrogen-bond acceptors (Lipinski definition) is 6. The van der Waals surface area contributed by atoms with E-state index in [1.807, 2.05) is 0 Å². The molecule has 6 nitrogen and oxygen atoms in total. The summed E-state index contributed by atoms with van der Waals surface area (Å²) in [5.74, 6) is -1.10. The van der Waals surface area contributed by atoms with E-state index in [-0.39, 0.29) is 23.3 Å². The molecule has 8 heteroatoms. The molecular formula is C17H15ClFNO5. The Morgan fingerprint density at radius 2 is 1.88 bits per heavy atom. The number of hydrogen-bond donors (Lipinski definition) is 0. The van der Waals surface area contributed by atoms with Gasteiger partial charge in [0.2, 0.25) is 0 Å². The van der Waals surface area contributed by atoms with E-state index in [1.54, 1.807) is 0 Å². The molecule has 0 fully saturated rings. The first-order valence-corrected chi connectivity index (χ1v) is 7.64. The predicted octanol–water partition coefficient (Wildman–Crippen LogP) is 3.57.